The molecule has 1 aromatic carbocycles. The van der Waals surface area contributed by atoms with Crippen LogP contribution in [-0.4, -0.2) is 59.5 Å². The number of anilines is 1. The molecule has 1 N–H and O–H groups in total. The number of hydrogen-bond donors (Lipinski definition) is 1. The average Bonchev–Trinajstić information content (AvgIpc) is 3.40. The van der Waals surface area contributed by atoms with Gasteiger partial charge in [-0.1, -0.05) is 12.1 Å². The number of amides is 1. The summed E-state index contributed by atoms with van der Waals surface area (Å²) in [7, 11) is 0. The average molecular weight is 422 g/mol. The Morgan fingerprint density at radius 2 is 2.00 bits per heavy atom. The SMILES string of the molecule is Cc1cnn2cc(-c3ccc(N4CCOCC4)cc3)nc(OC(C)C3CNC(=O)C3)c12. The Morgan fingerprint density at radius 1 is 1.23 bits per heavy atom. The standard InChI is InChI=1S/C23H27N5O3/c1-15-12-25-28-14-20(17-3-5-19(6-4-17)27-7-9-30-10-8-27)26-23(22(15)28)31-16(2)18-11-21(29)24-13-18/h3-6,12,14,16,18H,7-11,13H2,1-2H3,(H,24,29). The fourth-order valence-electron chi connectivity index (χ4n) is 4.24. The number of rotatable bonds is 5. The van der Waals surface area contributed by atoms with Crippen LogP contribution in [-0.2, 0) is 9.53 Å². The molecule has 2 saturated heterocycles. The second kappa shape index (κ2) is 8.19. The van der Waals surface area contributed by atoms with E-state index in [1.807, 2.05) is 30.8 Å². The lowest BCUT2D eigenvalue weighted by Crippen LogP contribution is -2.36. The van der Waals surface area contributed by atoms with Crippen molar-refractivity contribution in [2.75, 3.05) is 37.7 Å². The summed E-state index contributed by atoms with van der Waals surface area (Å²) in [6, 6.07) is 8.42. The number of hydrogen-bond acceptors (Lipinski definition) is 6. The van der Waals surface area contributed by atoms with E-state index in [0.717, 1.165) is 48.6 Å². The van der Waals surface area contributed by atoms with Crippen LogP contribution in [0.15, 0.2) is 36.7 Å². The number of morpholine rings is 1. The van der Waals surface area contributed by atoms with Crippen molar-refractivity contribution in [2.45, 2.75) is 26.4 Å². The van der Waals surface area contributed by atoms with Crippen LogP contribution in [0.3, 0.4) is 0 Å². The van der Waals surface area contributed by atoms with Gasteiger partial charge in [0, 0.05) is 48.8 Å². The van der Waals surface area contributed by atoms with Crippen LogP contribution >= 0.6 is 0 Å². The molecule has 5 rings (SSSR count). The molecule has 2 aromatic heterocycles. The van der Waals surface area contributed by atoms with Crippen LogP contribution in [0.25, 0.3) is 16.8 Å². The van der Waals surface area contributed by atoms with Crippen LogP contribution in [0.2, 0.25) is 0 Å². The van der Waals surface area contributed by atoms with Gasteiger partial charge in [0.1, 0.15) is 11.6 Å². The number of carbonyl (C=O) groups is 1. The highest BCUT2D eigenvalue weighted by Crippen LogP contribution is 2.30. The number of aromatic nitrogens is 3. The van der Waals surface area contributed by atoms with Gasteiger partial charge in [0.25, 0.3) is 0 Å². The number of nitrogens with zero attached hydrogens (tertiary/aromatic N) is 4. The molecule has 0 aliphatic carbocycles. The second-order valence-corrected chi connectivity index (χ2v) is 8.29. The van der Waals surface area contributed by atoms with Crippen molar-refractivity contribution in [3.8, 4) is 17.1 Å². The molecule has 1 amide bonds. The molecule has 0 bridgehead atoms. The van der Waals surface area contributed by atoms with Crippen molar-refractivity contribution in [3.63, 3.8) is 0 Å². The number of carbonyl (C=O) groups excluding carboxylic acids is 1. The van der Waals surface area contributed by atoms with E-state index in [-0.39, 0.29) is 17.9 Å². The first-order chi connectivity index (χ1) is 15.1. The molecule has 162 valence electrons. The zero-order chi connectivity index (χ0) is 21.4. The summed E-state index contributed by atoms with van der Waals surface area (Å²) in [5.41, 5.74) is 4.85. The van der Waals surface area contributed by atoms with E-state index in [0.29, 0.717) is 18.8 Å². The Balaban J connectivity index is 1.44. The van der Waals surface area contributed by atoms with Crippen molar-refractivity contribution in [2.24, 2.45) is 5.92 Å². The van der Waals surface area contributed by atoms with Crippen LogP contribution in [0.5, 0.6) is 5.88 Å². The molecule has 2 atom stereocenters. The maximum absolute atomic E-state index is 11.6. The van der Waals surface area contributed by atoms with Crippen molar-refractivity contribution < 1.29 is 14.3 Å². The van der Waals surface area contributed by atoms with E-state index in [2.05, 4.69) is 39.6 Å². The van der Waals surface area contributed by atoms with E-state index in [1.165, 1.54) is 5.69 Å². The van der Waals surface area contributed by atoms with Crippen molar-refractivity contribution in [1.29, 1.82) is 0 Å². The van der Waals surface area contributed by atoms with Gasteiger partial charge in [-0.15, -0.1) is 0 Å². The monoisotopic (exact) mass is 421 g/mol. The van der Waals surface area contributed by atoms with Gasteiger partial charge in [0.2, 0.25) is 11.8 Å². The summed E-state index contributed by atoms with van der Waals surface area (Å²) in [5.74, 6) is 0.763. The molecule has 4 heterocycles. The topological polar surface area (TPSA) is 81.0 Å². The highest BCUT2D eigenvalue weighted by atomic mass is 16.5. The predicted octanol–water partition coefficient (Wildman–Crippen LogP) is 2.44. The highest BCUT2D eigenvalue weighted by molar-refractivity contribution is 5.78. The second-order valence-electron chi connectivity index (χ2n) is 8.29. The van der Waals surface area contributed by atoms with E-state index in [1.54, 1.807) is 0 Å². The van der Waals surface area contributed by atoms with Gasteiger partial charge in [-0.05, 0) is 26.0 Å². The number of ether oxygens (including phenoxy) is 2. The fourth-order valence-corrected chi connectivity index (χ4v) is 4.24. The number of fused-ring (bicyclic) bond motifs is 1. The van der Waals surface area contributed by atoms with Crippen molar-refractivity contribution in [1.82, 2.24) is 19.9 Å². The lowest BCUT2D eigenvalue weighted by Gasteiger charge is -2.28. The van der Waals surface area contributed by atoms with Gasteiger partial charge in [-0.2, -0.15) is 5.10 Å². The van der Waals surface area contributed by atoms with Gasteiger partial charge in [-0.25, -0.2) is 9.50 Å². The van der Waals surface area contributed by atoms with Gasteiger partial charge >= 0.3 is 0 Å². The van der Waals surface area contributed by atoms with E-state index >= 15 is 0 Å². The van der Waals surface area contributed by atoms with Gasteiger partial charge in [0.05, 0.1) is 31.3 Å². The Kier molecular flexibility index (Phi) is 5.23. The third-order valence-corrected chi connectivity index (χ3v) is 6.16. The number of aryl methyl sites for hydroxylation is 1. The Labute approximate surface area is 181 Å². The van der Waals surface area contributed by atoms with Crippen molar-refractivity contribution >= 4 is 17.1 Å². The molecule has 2 unspecified atom stereocenters. The fraction of sp³-hybridized carbons (Fsp3) is 0.435. The van der Waals surface area contributed by atoms with E-state index in [9.17, 15) is 4.79 Å². The van der Waals surface area contributed by atoms with Crippen LogP contribution in [0.1, 0.15) is 18.9 Å². The first kappa shape index (κ1) is 19.8. The minimum Gasteiger partial charge on any atom is -0.473 e. The third-order valence-electron chi connectivity index (χ3n) is 6.16. The first-order valence-corrected chi connectivity index (χ1v) is 10.8. The zero-order valence-corrected chi connectivity index (χ0v) is 17.9. The largest absolute Gasteiger partial charge is 0.473 e. The number of nitrogens with one attached hydrogen (secondary N) is 1. The molecule has 0 radical (unpaired) electrons. The molecule has 0 saturated carbocycles. The molecule has 0 spiro atoms. The maximum Gasteiger partial charge on any atom is 0.241 e. The lowest BCUT2D eigenvalue weighted by molar-refractivity contribution is -0.119. The highest BCUT2D eigenvalue weighted by Gasteiger charge is 2.29. The Bertz CT molecular complexity index is 1090. The first-order valence-electron chi connectivity index (χ1n) is 10.8. The molecule has 8 heteroatoms. The van der Waals surface area contributed by atoms with Gasteiger partial charge < -0.3 is 19.7 Å². The van der Waals surface area contributed by atoms with E-state index < -0.39 is 0 Å². The maximum atomic E-state index is 11.6. The molecule has 2 fully saturated rings. The number of benzene rings is 1. The minimum atomic E-state index is -0.136. The molecule has 31 heavy (non-hydrogen) atoms. The van der Waals surface area contributed by atoms with Gasteiger partial charge in [-0.3, -0.25) is 4.79 Å². The Hall–Kier alpha value is -3.13. The predicted molar refractivity (Wildman–Crippen MR) is 117 cm³/mol. The summed E-state index contributed by atoms with van der Waals surface area (Å²) in [6.07, 6.45) is 4.10. The summed E-state index contributed by atoms with van der Waals surface area (Å²) < 4.78 is 13.6. The molecular formula is C23H27N5O3. The summed E-state index contributed by atoms with van der Waals surface area (Å²) in [6.45, 7) is 7.98. The molecule has 2 aliphatic rings. The van der Waals surface area contributed by atoms with Crippen LogP contribution in [0, 0.1) is 12.8 Å². The summed E-state index contributed by atoms with van der Waals surface area (Å²) in [5, 5.41) is 7.36. The third kappa shape index (κ3) is 3.95. The molecule has 3 aromatic rings. The lowest BCUT2D eigenvalue weighted by atomic mass is 10.0. The van der Waals surface area contributed by atoms with Crippen LogP contribution < -0.4 is 15.0 Å². The van der Waals surface area contributed by atoms with Gasteiger partial charge in [0.15, 0.2) is 0 Å². The normalized spacial score (nSPS) is 20.1. The summed E-state index contributed by atoms with van der Waals surface area (Å²) in [4.78, 5) is 18.8. The zero-order valence-electron chi connectivity index (χ0n) is 17.9. The Morgan fingerprint density at radius 3 is 2.71 bits per heavy atom. The smallest absolute Gasteiger partial charge is 0.241 e. The summed E-state index contributed by atoms with van der Waals surface area (Å²) >= 11 is 0. The quantitative estimate of drug-likeness (QED) is 0.682. The molecular weight excluding hydrogens is 394 g/mol. The molecule has 8 nitrogen and oxygen atoms in total. The molecule has 2 aliphatic heterocycles. The van der Waals surface area contributed by atoms with Crippen molar-refractivity contribution in [3.05, 3.63) is 42.2 Å². The minimum absolute atomic E-state index is 0.0770. The van der Waals surface area contributed by atoms with E-state index in [4.69, 9.17) is 14.5 Å². The van der Waals surface area contributed by atoms with Crippen LogP contribution in [0.4, 0.5) is 5.69 Å².